The summed E-state index contributed by atoms with van der Waals surface area (Å²) < 4.78 is 84.9. The molecule has 12 heteroatoms. The van der Waals surface area contributed by atoms with Gasteiger partial charge in [0.15, 0.2) is 0 Å². The second kappa shape index (κ2) is 11.8. The van der Waals surface area contributed by atoms with Gasteiger partial charge >= 0.3 is 12.4 Å². The van der Waals surface area contributed by atoms with E-state index in [1.807, 2.05) is 4.90 Å². The van der Waals surface area contributed by atoms with Crippen LogP contribution in [0, 0.1) is 13.8 Å². The van der Waals surface area contributed by atoms with E-state index in [9.17, 15) is 31.1 Å². The number of hydrogen-bond donors (Lipinski definition) is 2. The summed E-state index contributed by atoms with van der Waals surface area (Å²) >= 11 is 0. The number of piperazine rings is 1. The number of rotatable bonds is 6. The average molecular weight is 573 g/mol. The van der Waals surface area contributed by atoms with E-state index in [1.165, 1.54) is 25.1 Å². The number of nitrogens with two attached hydrogens (primary N) is 1. The molecule has 0 bridgehead atoms. The Morgan fingerprint density at radius 2 is 1.52 bits per heavy atom. The summed E-state index contributed by atoms with van der Waals surface area (Å²) in [4.78, 5) is 16.5. The molecule has 1 heterocycles. The number of anilines is 3. The molecule has 0 radical (unpaired) electrons. The van der Waals surface area contributed by atoms with Gasteiger partial charge in [0.1, 0.15) is 6.61 Å². The molecular weight excluding hydrogens is 538 g/mol. The lowest BCUT2D eigenvalue weighted by Crippen LogP contribution is -2.50. The third kappa shape index (κ3) is 6.94. The zero-order valence-electron chi connectivity index (χ0n) is 22.5. The smallest absolute Gasteiger partial charge is 0.398 e. The number of hydrogen-bond acceptors (Lipinski definition) is 5. The van der Waals surface area contributed by atoms with Crippen LogP contribution >= 0.6 is 0 Å². The van der Waals surface area contributed by atoms with Gasteiger partial charge in [-0.25, -0.2) is 0 Å². The van der Waals surface area contributed by atoms with Crippen molar-refractivity contribution in [2.24, 2.45) is 0 Å². The lowest BCUT2D eigenvalue weighted by atomic mass is 9.92. The van der Waals surface area contributed by atoms with Crippen LogP contribution in [-0.4, -0.2) is 55.7 Å². The van der Waals surface area contributed by atoms with Crippen LogP contribution in [0.2, 0.25) is 0 Å². The standard InChI is InChI=1S/C28H34F6N4O2/c1-17-18(2)25(10-8-22(17)27(29,30)31)37-11-13-38(14-12-37)26(39)16-40-21-6-3-19(4-7-21)36-20-5-9-24(35)23(15-20)28(32,33)34/h5,8-10,15,19,21,36H,3-4,6-7,11-14,16,35H2,1-2H3. The van der Waals surface area contributed by atoms with E-state index in [-0.39, 0.29) is 35.9 Å². The Morgan fingerprint density at radius 3 is 2.12 bits per heavy atom. The first kappa shape index (κ1) is 29.8. The summed E-state index contributed by atoms with van der Waals surface area (Å²) in [6.07, 6.45) is -6.31. The van der Waals surface area contributed by atoms with Gasteiger partial charge in [-0.3, -0.25) is 4.79 Å². The van der Waals surface area contributed by atoms with Gasteiger partial charge in [-0.05, 0) is 81.0 Å². The maximum atomic E-state index is 13.2. The number of carbonyl (C=O) groups excluding carboxylic acids is 1. The van der Waals surface area contributed by atoms with Crippen molar-refractivity contribution in [1.82, 2.24) is 4.90 Å². The fourth-order valence-electron chi connectivity index (χ4n) is 5.43. The third-order valence-corrected chi connectivity index (χ3v) is 7.88. The zero-order chi connectivity index (χ0) is 29.2. The molecule has 40 heavy (non-hydrogen) atoms. The highest BCUT2D eigenvalue weighted by molar-refractivity contribution is 5.78. The maximum Gasteiger partial charge on any atom is 0.418 e. The van der Waals surface area contributed by atoms with Crippen LogP contribution in [0.3, 0.4) is 0 Å². The minimum absolute atomic E-state index is 0.00868. The summed E-state index contributed by atoms with van der Waals surface area (Å²) in [6, 6.07) is 6.41. The Bertz CT molecular complexity index is 1200. The average Bonchev–Trinajstić information content (AvgIpc) is 2.89. The van der Waals surface area contributed by atoms with Gasteiger partial charge in [0.05, 0.1) is 17.2 Å². The lowest BCUT2D eigenvalue weighted by molar-refractivity contribution is -0.139. The van der Waals surface area contributed by atoms with E-state index in [4.69, 9.17) is 10.5 Å². The molecule has 4 rings (SSSR count). The number of nitrogens with one attached hydrogen (secondary N) is 1. The SMILES string of the molecule is Cc1c(N2CCN(C(=O)COC3CCC(Nc4ccc(N)c(C(F)(F)F)c4)CC3)CC2)ccc(C(F)(F)F)c1C. The Kier molecular flexibility index (Phi) is 8.77. The molecule has 0 unspecified atom stereocenters. The van der Waals surface area contributed by atoms with Gasteiger partial charge in [-0.1, -0.05) is 0 Å². The Morgan fingerprint density at radius 1 is 0.900 bits per heavy atom. The van der Waals surface area contributed by atoms with Crippen LogP contribution in [0.25, 0.3) is 0 Å². The second-order valence-corrected chi connectivity index (χ2v) is 10.5. The molecule has 0 aromatic heterocycles. The molecule has 6 nitrogen and oxygen atoms in total. The van der Waals surface area contributed by atoms with Gasteiger partial charge in [0.2, 0.25) is 5.91 Å². The molecule has 0 spiro atoms. The summed E-state index contributed by atoms with van der Waals surface area (Å²) in [5.41, 5.74) is 5.56. The van der Waals surface area contributed by atoms with Crippen LogP contribution in [0.5, 0.6) is 0 Å². The molecule has 0 atom stereocenters. The van der Waals surface area contributed by atoms with Crippen LogP contribution in [0.15, 0.2) is 30.3 Å². The van der Waals surface area contributed by atoms with Crippen molar-refractivity contribution >= 4 is 23.0 Å². The van der Waals surface area contributed by atoms with Gasteiger partial charge in [-0.2, -0.15) is 26.3 Å². The largest absolute Gasteiger partial charge is 0.418 e. The van der Waals surface area contributed by atoms with Crippen LogP contribution in [0.4, 0.5) is 43.4 Å². The Hall–Kier alpha value is -3.15. The van der Waals surface area contributed by atoms with Crippen molar-refractivity contribution in [3.8, 4) is 0 Å². The van der Waals surface area contributed by atoms with Crippen LogP contribution in [-0.2, 0) is 21.9 Å². The van der Waals surface area contributed by atoms with Gasteiger partial charge < -0.3 is 25.6 Å². The molecule has 1 saturated carbocycles. The third-order valence-electron chi connectivity index (χ3n) is 7.88. The number of benzene rings is 2. The number of ether oxygens (including phenoxy) is 1. The van der Waals surface area contributed by atoms with E-state index in [0.29, 0.717) is 63.1 Å². The maximum absolute atomic E-state index is 13.2. The summed E-state index contributed by atoms with van der Waals surface area (Å²) in [5, 5.41) is 3.15. The highest BCUT2D eigenvalue weighted by Crippen LogP contribution is 2.37. The molecule has 2 aliphatic rings. The van der Waals surface area contributed by atoms with Gasteiger partial charge in [0.25, 0.3) is 0 Å². The number of halogens is 6. The molecule has 1 amide bonds. The first-order valence-electron chi connectivity index (χ1n) is 13.3. The predicted octanol–water partition coefficient (Wildman–Crippen LogP) is 6.01. The van der Waals surface area contributed by atoms with Crippen LogP contribution < -0.4 is 16.0 Å². The first-order chi connectivity index (χ1) is 18.7. The molecule has 1 aliphatic heterocycles. The van der Waals surface area contributed by atoms with Gasteiger partial charge in [0, 0.05) is 49.3 Å². The zero-order valence-corrected chi connectivity index (χ0v) is 22.5. The molecule has 1 saturated heterocycles. The van der Waals surface area contributed by atoms with E-state index in [1.54, 1.807) is 11.8 Å². The van der Waals surface area contributed by atoms with Crippen molar-refractivity contribution in [1.29, 1.82) is 0 Å². The number of carbonyl (C=O) groups is 1. The van der Waals surface area contributed by atoms with E-state index >= 15 is 0 Å². The fraction of sp³-hybridized carbons (Fsp3) is 0.536. The van der Waals surface area contributed by atoms with Crippen molar-refractivity contribution in [3.63, 3.8) is 0 Å². The monoisotopic (exact) mass is 572 g/mol. The fourth-order valence-corrected chi connectivity index (χ4v) is 5.43. The second-order valence-electron chi connectivity index (χ2n) is 10.5. The van der Waals surface area contributed by atoms with Crippen LogP contribution in [0.1, 0.15) is 47.9 Å². The number of amides is 1. The van der Waals surface area contributed by atoms with Crippen molar-refractivity contribution in [2.75, 3.05) is 48.7 Å². The van der Waals surface area contributed by atoms with E-state index in [0.717, 1.165) is 17.8 Å². The summed E-state index contributed by atoms with van der Waals surface area (Å²) in [7, 11) is 0. The minimum Gasteiger partial charge on any atom is -0.398 e. The molecular formula is C28H34F6N4O2. The Balaban J connectivity index is 1.21. The van der Waals surface area contributed by atoms with E-state index in [2.05, 4.69) is 5.32 Å². The molecule has 3 N–H and O–H groups in total. The topological polar surface area (TPSA) is 70.8 Å². The summed E-state index contributed by atoms with van der Waals surface area (Å²) in [6.45, 7) is 5.01. The lowest BCUT2D eigenvalue weighted by Gasteiger charge is -2.37. The van der Waals surface area contributed by atoms with Gasteiger partial charge in [-0.15, -0.1) is 0 Å². The summed E-state index contributed by atoms with van der Waals surface area (Å²) in [5.74, 6) is -0.137. The molecule has 220 valence electrons. The minimum atomic E-state index is -4.52. The number of nitrogen functional groups attached to an aromatic ring is 1. The predicted molar refractivity (Wildman–Crippen MR) is 141 cm³/mol. The van der Waals surface area contributed by atoms with Crippen molar-refractivity contribution < 1.29 is 35.9 Å². The molecule has 2 fully saturated rings. The highest BCUT2D eigenvalue weighted by atomic mass is 19.4. The first-order valence-corrected chi connectivity index (χ1v) is 13.3. The molecule has 2 aromatic carbocycles. The number of nitrogens with zero attached hydrogens (tertiary/aromatic N) is 2. The van der Waals surface area contributed by atoms with E-state index < -0.39 is 23.5 Å². The highest BCUT2D eigenvalue weighted by Gasteiger charge is 2.35. The van der Waals surface area contributed by atoms with Crippen molar-refractivity contribution in [3.05, 3.63) is 52.6 Å². The Labute approximate surface area is 229 Å². The quantitative estimate of drug-likeness (QED) is 0.328. The number of alkyl halides is 6. The van der Waals surface area contributed by atoms with Crippen molar-refractivity contribution in [2.45, 2.75) is 64.0 Å². The molecule has 1 aliphatic carbocycles. The normalized spacial score (nSPS) is 20.5. The molecule has 2 aromatic rings.